The number of hydrogen-bond donors (Lipinski definition) is 1. The van der Waals surface area contributed by atoms with E-state index in [4.69, 9.17) is 21.9 Å². The van der Waals surface area contributed by atoms with Crippen molar-refractivity contribution in [2.75, 3.05) is 31.1 Å². The Labute approximate surface area is 158 Å². The normalized spacial score (nSPS) is 16.2. The average Bonchev–Trinajstić information content (AvgIpc) is 3.10. The van der Waals surface area contributed by atoms with E-state index in [-0.39, 0.29) is 5.41 Å². The van der Waals surface area contributed by atoms with Crippen molar-refractivity contribution >= 4 is 23.2 Å². The summed E-state index contributed by atoms with van der Waals surface area (Å²) in [5.41, 5.74) is 7.15. The molecule has 7 nitrogen and oxygen atoms in total. The molecular formula is C18H25ClN6O. The Hall–Kier alpha value is -2.28. The van der Waals surface area contributed by atoms with Gasteiger partial charge < -0.3 is 20.1 Å². The predicted octanol–water partition coefficient (Wildman–Crippen LogP) is 2.66. The van der Waals surface area contributed by atoms with Gasteiger partial charge in [-0.2, -0.15) is 4.98 Å². The lowest BCUT2D eigenvalue weighted by Gasteiger charge is -2.36. The predicted molar refractivity (Wildman–Crippen MR) is 104 cm³/mol. The van der Waals surface area contributed by atoms with Crippen LogP contribution in [0.1, 0.15) is 32.5 Å². The smallest absolute Gasteiger partial charge is 0.232 e. The zero-order valence-electron chi connectivity index (χ0n) is 15.4. The number of anilines is 1. The molecule has 1 aliphatic heterocycles. The van der Waals surface area contributed by atoms with Gasteiger partial charge in [-0.3, -0.25) is 0 Å². The van der Waals surface area contributed by atoms with E-state index in [0.29, 0.717) is 24.2 Å². The molecule has 140 valence electrons. The largest absolute Gasteiger partial charge is 0.370 e. The van der Waals surface area contributed by atoms with Gasteiger partial charge in [-0.25, -0.2) is 4.99 Å². The number of piperazine rings is 1. The molecule has 2 heterocycles. The molecule has 26 heavy (non-hydrogen) atoms. The number of hydrogen-bond acceptors (Lipinski definition) is 5. The van der Waals surface area contributed by atoms with Gasteiger partial charge in [-0.1, -0.05) is 37.5 Å². The fourth-order valence-electron chi connectivity index (χ4n) is 2.72. The van der Waals surface area contributed by atoms with Crippen molar-refractivity contribution in [2.45, 2.75) is 32.7 Å². The van der Waals surface area contributed by atoms with Crippen molar-refractivity contribution in [3.05, 3.63) is 41.0 Å². The van der Waals surface area contributed by atoms with E-state index < -0.39 is 0 Å². The fraction of sp³-hybridized carbons (Fsp3) is 0.500. The van der Waals surface area contributed by atoms with Gasteiger partial charge in [0, 0.05) is 42.3 Å². The average molecular weight is 377 g/mol. The molecule has 0 saturated carbocycles. The summed E-state index contributed by atoms with van der Waals surface area (Å²) < 4.78 is 5.28. The van der Waals surface area contributed by atoms with Crippen LogP contribution in [0.2, 0.25) is 5.02 Å². The highest BCUT2D eigenvalue weighted by Gasteiger charge is 2.22. The maximum absolute atomic E-state index is 6.15. The monoisotopic (exact) mass is 376 g/mol. The first-order chi connectivity index (χ1) is 12.3. The number of aliphatic imine (C=N–C) groups is 1. The number of aromatic nitrogens is 2. The highest BCUT2D eigenvalue weighted by molar-refractivity contribution is 6.30. The first-order valence-electron chi connectivity index (χ1n) is 8.71. The number of nitrogens with zero attached hydrogens (tertiary/aromatic N) is 5. The zero-order chi connectivity index (χ0) is 18.7. The van der Waals surface area contributed by atoms with Gasteiger partial charge in [-0.15, -0.1) is 0 Å². The van der Waals surface area contributed by atoms with Crippen molar-refractivity contribution in [1.82, 2.24) is 15.0 Å². The van der Waals surface area contributed by atoms with Crippen molar-refractivity contribution in [2.24, 2.45) is 10.7 Å². The summed E-state index contributed by atoms with van der Waals surface area (Å²) in [7, 11) is 0. The molecule has 0 aliphatic carbocycles. The third-order valence-electron chi connectivity index (χ3n) is 4.29. The SMILES string of the molecule is CC(C)(C)c1nc(CN=C(N)N2CCN(c3ccc(Cl)cc3)CC2)no1. The topological polar surface area (TPSA) is 83.8 Å². The van der Waals surface area contributed by atoms with E-state index in [2.05, 4.69) is 24.9 Å². The number of rotatable bonds is 3. The number of benzene rings is 1. The lowest BCUT2D eigenvalue weighted by atomic mass is 9.97. The summed E-state index contributed by atoms with van der Waals surface area (Å²) >= 11 is 5.95. The van der Waals surface area contributed by atoms with Gasteiger partial charge in [0.2, 0.25) is 5.89 Å². The zero-order valence-corrected chi connectivity index (χ0v) is 16.2. The van der Waals surface area contributed by atoms with Crippen LogP contribution in [0.25, 0.3) is 0 Å². The van der Waals surface area contributed by atoms with Crippen LogP contribution in [0, 0.1) is 0 Å². The third-order valence-corrected chi connectivity index (χ3v) is 4.54. The van der Waals surface area contributed by atoms with Crippen LogP contribution >= 0.6 is 11.6 Å². The molecule has 0 unspecified atom stereocenters. The fourth-order valence-corrected chi connectivity index (χ4v) is 2.85. The van der Waals surface area contributed by atoms with E-state index in [1.54, 1.807) is 0 Å². The summed E-state index contributed by atoms with van der Waals surface area (Å²) in [6, 6.07) is 7.91. The molecule has 1 fully saturated rings. The molecule has 1 saturated heterocycles. The summed E-state index contributed by atoms with van der Waals surface area (Å²) in [6.07, 6.45) is 0. The molecule has 1 aliphatic rings. The second-order valence-electron chi connectivity index (χ2n) is 7.39. The molecule has 0 radical (unpaired) electrons. The lowest BCUT2D eigenvalue weighted by molar-refractivity contribution is 0.318. The molecule has 8 heteroatoms. The van der Waals surface area contributed by atoms with E-state index >= 15 is 0 Å². The molecule has 1 aromatic heterocycles. The number of halogens is 1. The molecule has 1 aromatic carbocycles. The number of nitrogens with two attached hydrogens (primary N) is 1. The van der Waals surface area contributed by atoms with E-state index in [1.165, 1.54) is 5.69 Å². The Balaban J connectivity index is 1.54. The first kappa shape index (κ1) is 18.5. The quantitative estimate of drug-likeness (QED) is 0.655. The second kappa shape index (κ2) is 7.53. The van der Waals surface area contributed by atoms with Crippen molar-refractivity contribution < 1.29 is 4.52 Å². The van der Waals surface area contributed by atoms with Crippen molar-refractivity contribution in [3.63, 3.8) is 0 Å². The Bertz CT molecular complexity index is 757. The molecular weight excluding hydrogens is 352 g/mol. The summed E-state index contributed by atoms with van der Waals surface area (Å²) in [4.78, 5) is 13.2. The first-order valence-corrected chi connectivity index (χ1v) is 9.09. The van der Waals surface area contributed by atoms with Crippen LogP contribution < -0.4 is 10.6 Å². The molecule has 0 spiro atoms. The van der Waals surface area contributed by atoms with Crippen molar-refractivity contribution in [1.29, 1.82) is 0 Å². The maximum atomic E-state index is 6.15. The van der Waals surface area contributed by atoms with Crippen molar-refractivity contribution in [3.8, 4) is 0 Å². The molecule has 2 N–H and O–H groups in total. The van der Waals surface area contributed by atoms with Crippen LogP contribution in [-0.4, -0.2) is 47.2 Å². The summed E-state index contributed by atoms with van der Waals surface area (Å²) in [5.74, 6) is 1.68. The van der Waals surface area contributed by atoms with Gasteiger partial charge in [0.05, 0.1) is 0 Å². The van der Waals surface area contributed by atoms with Gasteiger partial charge in [0.25, 0.3) is 0 Å². The minimum atomic E-state index is -0.168. The maximum Gasteiger partial charge on any atom is 0.232 e. The Morgan fingerprint density at radius 1 is 1.19 bits per heavy atom. The minimum Gasteiger partial charge on any atom is -0.370 e. The Kier molecular flexibility index (Phi) is 5.36. The van der Waals surface area contributed by atoms with Gasteiger partial charge in [-0.05, 0) is 24.3 Å². The highest BCUT2D eigenvalue weighted by atomic mass is 35.5. The Morgan fingerprint density at radius 3 is 2.42 bits per heavy atom. The lowest BCUT2D eigenvalue weighted by Crippen LogP contribution is -2.51. The van der Waals surface area contributed by atoms with E-state index in [0.717, 1.165) is 31.2 Å². The van der Waals surface area contributed by atoms with Crippen LogP contribution in [0.3, 0.4) is 0 Å². The van der Waals surface area contributed by atoms with E-state index in [1.807, 2.05) is 45.0 Å². The van der Waals surface area contributed by atoms with Crippen LogP contribution in [0.15, 0.2) is 33.8 Å². The third kappa shape index (κ3) is 4.46. The standard InChI is InChI=1S/C18H25ClN6O/c1-18(2,3)16-22-15(23-26-16)12-21-17(20)25-10-8-24(9-11-25)14-6-4-13(19)5-7-14/h4-7H,8-12H2,1-3H3,(H2,20,21). The van der Waals surface area contributed by atoms with Crippen LogP contribution in [0.4, 0.5) is 5.69 Å². The van der Waals surface area contributed by atoms with Gasteiger partial charge >= 0.3 is 0 Å². The van der Waals surface area contributed by atoms with Gasteiger partial charge in [0.15, 0.2) is 11.8 Å². The molecule has 3 rings (SSSR count). The molecule has 2 aromatic rings. The second-order valence-corrected chi connectivity index (χ2v) is 7.83. The molecule has 0 bridgehead atoms. The number of guanidine groups is 1. The highest BCUT2D eigenvalue weighted by Crippen LogP contribution is 2.20. The minimum absolute atomic E-state index is 0.168. The Morgan fingerprint density at radius 2 is 1.85 bits per heavy atom. The van der Waals surface area contributed by atoms with Crippen LogP contribution in [0.5, 0.6) is 0 Å². The van der Waals surface area contributed by atoms with Gasteiger partial charge in [0.1, 0.15) is 6.54 Å². The summed E-state index contributed by atoms with van der Waals surface area (Å²) in [6.45, 7) is 9.81. The summed E-state index contributed by atoms with van der Waals surface area (Å²) in [5, 5.41) is 4.72. The van der Waals surface area contributed by atoms with Crippen LogP contribution in [-0.2, 0) is 12.0 Å². The molecule has 0 amide bonds. The molecule has 0 atom stereocenters. The van der Waals surface area contributed by atoms with E-state index in [9.17, 15) is 0 Å².